The first-order valence-corrected chi connectivity index (χ1v) is 5.38. The summed E-state index contributed by atoms with van der Waals surface area (Å²) in [5.74, 6) is -0.283. The van der Waals surface area contributed by atoms with Gasteiger partial charge in [0.2, 0.25) is 5.91 Å². The van der Waals surface area contributed by atoms with Crippen molar-refractivity contribution in [3.8, 4) is 0 Å². The van der Waals surface area contributed by atoms with Crippen molar-refractivity contribution in [3.05, 3.63) is 35.9 Å². The van der Waals surface area contributed by atoms with Crippen LogP contribution in [0.3, 0.4) is 0 Å². The van der Waals surface area contributed by atoms with E-state index < -0.39 is 6.04 Å². The lowest BCUT2D eigenvalue weighted by Crippen LogP contribution is -2.35. The van der Waals surface area contributed by atoms with Gasteiger partial charge in [0.15, 0.2) is 5.78 Å². The number of ketones is 1. The van der Waals surface area contributed by atoms with Crippen LogP contribution in [0, 0.1) is 5.92 Å². The van der Waals surface area contributed by atoms with Gasteiger partial charge in [-0.1, -0.05) is 44.2 Å². The Morgan fingerprint density at radius 3 is 2.12 bits per heavy atom. The molecule has 0 spiro atoms. The Morgan fingerprint density at radius 1 is 1.12 bits per heavy atom. The SMILES string of the molecule is CC(=O)[C@@H](NC(=O)C(C)C)c1ccccc1. The summed E-state index contributed by atoms with van der Waals surface area (Å²) in [6.07, 6.45) is 0. The molecule has 0 aromatic heterocycles. The topological polar surface area (TPSA) is 46.2 Å². The predicted molar refractivity (Wildman–Crippen MR) is 62.8 cm³/mol. The lowest BCUT2D eigenvalue weighted by atomic mass is 10.0. The van der Waals surface area contributed by atoms with Crippen LogP contribution < -0.4 is 5.32 Å². The second-order valence-electron chi connectivity index (χ2n) is 4.12. The number of benzene rings is 1. The summed E-state index contributed by atoms with van der Waals surface area (Å²) in [7, 11) is 0. The number of amides is 1. The van der Waals surface area contributed by atoms with Crippen LogP contribution in [0.1, 0.15) is 32.4 Å². The summed E-state index contributed by atoms with van der Waals surface area (Å²) in [5.41, 5.74) is 0.823. The summed E-state index contributed by atoms with van der Waals surface area (Å²) in [6.45, 7) is 5.09. The molecule has 1 aromatic rings. The second-order valence-corrected chi connectivity index (χ2v) is 4.12. The molecule has 1 amide bonds. The number of carbonyl (C=O) groups is 2. The standard InChI is InChI=1S/C13H17NO2/c1-9(2)13(16)14-12(10(3)15)11-7-5-4-6-8-11/h4-9,12H,1-3H3,(H,14,16)/t12-/m1/s1. The maximum atomic E-state index is 11.6. The molecule has 1 N–H and O–H groups in total. The van der Waals surface area contributed by atoms with Gasteiger partial charge in [0.25, 0.3) is 0 Å². The summed E-state index contributed by atoms with van der Waals surface area (Å²) < 4.78 is 0. The Bertz CT molecular complexity index is 371. The molecule has 86 valence electrons. The Labute approximate surface area is 95.9 Å². The first kappa shape index (κ1) is 12.4. The van der Waals surface area contributed by atoms with E-state index in [1.165, 1.54) is 6.92 Å². The zero-order valence-corrected chi connectivity index (χ0v) is 9.86. The Balaban J connectivity index is 2.85. The van der Waals surface area contributed by atoms with Crippen molar-refractivity contribution in [1.82, 2.24) is 5.32 Å². The van der Waals surface area contributed by atoms with Crippen molar-refractivity contribution < 1.29 is 9.59 Å². The highest BCUT2D eigenvalue weighted by Gasteiger charge is 2.19. The number of hydrogen-bond acceptors (Lipinski definition) is 2. The fourth-order valence-corrected chi connectivity index (χ4v) is 1.37. The predicted octanol–water partition coefficient (Wildman–Crippen LogP) is 2.09. The summed E-state index contributed by atoms with van der Waals surface area (Å²) in [4.78, 5) is 23.1. The molecule has 1 aromatic carbocycles. The van der Waals surface area contributed by atoms with E-state index in [1.807, 2.05) is 30.3 Å². The van der Waals surface area contributed by atoms with Gasteiger partial charge in [-0.15, -0.1) is 0 Å². The lowest BCUT2D eigenvalue weighted by molar-refractivity contribution is -0.129. The van der Waals surface area contributed by atoms with Crippen molar-refractivity contribution in [2.45, 2.75) is 26.8 Å². The van der Waals surface area contributed by atoms with E-state index in [-0.39, 0.29) is 17.6 Å². The van der Waals surface area contributed by atoms with Gasteiger partial charge >= 0.3 is 0 Å². The van der Waals surface area contributed by atoms with Crippen LogP contribution in [0.5, 0.6) is 0 Å². The van der Waals surface area contributed by atoms with Crippen molar-refractivity contribution in [2.24, 2.45) is 5.92 Å². The molecule has 1 atom stereocenters. The number of Topliss-reactive ketones (excluding diaryl/α,β-unsaturated/α-hetero) is 1. The van der Waals surface area contributed by atoms with Crippen LogP contribution in [-0.4, -0.2) is 11.7 Å². The van der Waals surface area contributed by atoms with E-state index in [1.54, 1.807) is 13.8 Å². The third kappa shape index (κ3) is 3.19. The van der Waals surface area contributed by atoms with Crippen molar-refractivity contribution >= 4 is 11.7 Å². The first-order valence-electron chi connectivity index (χ1n) is 5.38. The molecule has 0 aliphatic carbocycles. The largest absolute Gasteiger partial charge is 0.342 e. The van der Waals surface area contributed by atoms with E-state index in [0.717, 1.165) is 5.56 Å². The van der Waals surface area contributed by atoms with Crippen molar-refractivity contribution in [1.29, 1.82) is 0 Å². The average molecular weight is 219 g/mol. The van der Waals surface area contributed by atoms with Crippen LogP contribution in [0.4, 0.5) is 0 Å². The van der Waals surface area contributed by atoms with E-state index in [9.17, 15) is 9.59 Å². The Hall–Kier alpha value is -1.64. The highest BCUT2D eigenvalue weighted by Crippen LogP contribution is 2.14. The highest BCUT2D eigenvalue weighted by molar-refractivity contribution is 5.89. The minimum Gasteiger partial charge on any atom is -0.342 e. The Morgan fingerprint density at radius 2 is 1.69 bits per heavy atom. The molecule has 0 aliphatic rings. The molecule has 0 bridgehead atoms. The van der Waals surface area contributed by atoms with Gasteiger partial charge in [0, 0.05) is 5.92 Å². The quantitative estimate of drug-likeness (QED) is 0.842. The second kappa shape index (κ2) is 5.45. The minimum absolute atomic E-state index is 0.0554. The molecule has 0 aliphatic heterocycles. The van der Waals surface area contributed by atoms with Crippen LogP contribution in [0.15, 0.2) is 30.3 Å². The summed E-state index contributed by atoms with van der Waals surface area (Å²) in [6, 6.07) is 8.74. The number of rotatable bonds is 4. The number of nitrogens with one attached hydrogen (secondary N) is 1. The smallest absolute Gasteiger partial charge is 0.223 e. The fourth-order valence-electron chi connectivity index (χ4n) is 1.37. The van der Waals surface area contributed by atoms with Gasteiger partial charge < -0.3 is 5.32 Å². The molecule has 0 saturated carbocycles. The zero-order valence-electron chi connectivity index (χ0n) is 9.86. The van der Waals surface area contributed by atoms with E-state index in [0.29, 0.717) is 0 Å². The normalized spacial score (nSPS) is 12.2. The monoisotopic (exact) mass is 219 g/mol. The summed E-state index contributed by atoms with van der Waals surface area (Å²) >= 11 is 0. The van der Waals surface area contributed by atoms with Crippen molar-refractivity contribution in [2.75, 3.05) is 0 Å². The maximum absolute atomic E-state index is 11.6. The molecular formula is C13H17NO2. The van der Waals surface area contributed by atoms with E-state index in [2.05, 4.69) is 5.32 Å². The number of hydrogen-bond donors (Lipinski definition) is 1. The molecule has 0 radical (unpaired) electrons. The third-order valence-corrected chi connectivity index (χ3v) is 2.35. The van der Waals surface area contributed by atoms with Gasteiger partial charge in [-0.25, -0.2) is 0 Å². The molecule has 3 nitrogen and oxygen atoms in total. The molecular weight excluding hydrogens is 202 g/mol. The summed E-state index contributed by atoms with van der Waals surface area (Å²) in [5, 5.41) is 2.74. The molecule has 0 heterocycles. The fraction of sp³-hybridized carbons (Fsp3) is 0.385. The average Bonchev–Trinajstić information content (AvgIpc) is 2.26. The lowest BCUT2D eigenvalue weighted by Gasteiger charge is -2.17. The van der Waals surface area contributed by atoms with Gasteiger partial charge in [-0.2, -0.15) is 0 Å². The van der Waals surface area contributed by atoms with Crippen LogP contribution in [-0.2, 0) is 9.59 Å². The minimum atomic E-state index is -0.531. The molecule has 3 heteroatoms. The molecule has 1 rings (SSSR count). The van der Waals surface area contributed by atoms with E-state index in [4.69, 9.17) is 0 Å². The van der Waals surface area contributed by atoms with Gasteiger partial charge in [-0.3, -0.25) is 9.59 Å². The first-order chi connectivity index (χ1) is 7.52. The van der Waals surface area contributed by atoms with E-state index >= 15 is 0 Å². The van der Waals surface area contributed by atoms with Crippen molar-refractivity contribution in [3.63, 3.8) is 0 Å². The van der Waals surface area contributed by atoms with Crippen LogP contribution >= 0.6 is 0 Å². The van der Waals surface area contributed by atoms with Gasteiger partial charge in [-0.05, 0) is 12.5 Å². The number of carbonyl (C=O) groups excluding carboxylic acids is 2. The van der Waals surface area contributed by atoms with Crippen LogP contribution in [0.2, 0.25) is 0 Å². The third-order valence-electron chi connectivity index (χ3n) is 2.35. The maximum Gasteiger partial charge on any atom is 0.223 e. The van der Waals surface area contributed by atoms with Gasteiger partial charge in [0.05, 0.1) is 0 Å². The molecule has 0 unspecified atom stereocenters. The zero-order chi connectivity index (χ0) is 12.1. The van der Waals surface area contributed by atoms with Crippen LogP contribution in [0.25, 0.3) is 0 Å². The molecule has 0 fully saturated rings. The Kier molecular flexibility index (Phi) is 4.23. The molecule has 16 heavy (non-hydrogen) atoms. The highest BCUT2D eigenvalue weighted by atomic mass is 16.2. The van der Waals surface area contributed by atoms with Gasteiger partial charge in [0.1, 0.15) is 6.04 Å². The molecule has 0 saturated heterocycles.